The van der Waals surface area contributed by atoms with Gasteiger partial charge in [-0.25, -0.2) is 0 Å². The van der Waals surface area contributed by atoms with Gasteiger partial charge in [0.25, 0.3) is 5.91 Å². The number of rotatable bonds is 6. The highest BCUT2D eigenvalue weighted by Crippen LogP contribution is 2.19. The van der Waals surface area contributed by atoms with Crippen molar-refractivity contribution in [2.45, 2.75) is 38.7 Å². The van der Waals surface area contributed by atoms with Crippen LogP contribution in [0.5, 0.6) is 0 Å². The van der Waals surface area contributed by atoms with Gasteiger partial charge in [-0.3, -0.25) is 4.79 Å². The highest BCUT2D eigenvalue weighted by Gasteiger charge is 2.30. The third kappa shape index (κ3) is 5.24. The van der Waals surface area contributed by atoms with E-state index in [4.69, 9.17) is 4.74 Å². The Hall–Kier alpha value is -0.650. The Bertz CT molecular complexity index is 311. The summed E-state index contributed by atoms with van der Waals surface area (Å²) in [6.07, 6.45) is 4.53. The van der Waals surface area contributed by atoms with Crippen molar-refractivity contribution in [3.05, 3.63) is 0 Å². The number of morpholine rings is 1. The van der Waals surface area contributed by atoms with Gasteiger partial charge in [-0.1, -0.05) is 13.3 Å². The van der Waals surface area contributed by atoms with Crippen LogP contribution in [0.4, 0.5) is 0 Å². The molecule has 2 saturated heterocycles. The van der Waals surface area contributed by atoms with Gasteiger partial charge < -0.3 is 19.9 Å². The molecule has 2 fully saturated rings. The van der Waals surface area contributed by atoms with Crippen LogP contribution in [0, 0.1) is 5.92 Å². The minimum Gasteiger partial charge on any atom is -0.366 e. The van der Waals surface area contributed by atoms with Crippen molar-refractivity contribution in [2.24, 2.45) is 5.92 Å². The molecule has 1 amide bonds. The number of nitrogens with one attached hydrogen (secondary N) is 1. The number of hydrogen-bond acceptors (Lipinski definition) is 4. The summed E-state index contributed by atoms with van der Waals surface area (Å²) in [7, 11) is 2.22. The average Bonchev–Trinajstić information content (AvgIpc) is 2.54. The fraction of sp³-hybridized carbons (Fsp3) is 0.938. The number of carbonyl (C=O) groups excluding carboxylic acids is 1. The molecule has 1 N–H and O–H groups in total. The lowest BCUT2D eigenvalue weighted by atomic mass is 9.96. The summed E-state index contributed by atoms with van der Waals surface area (Å²) in [5.74, 6) is 0.918. The van der Waals surface area contributed by atoms with Crippen LogP contribution in [0.1, 0.15) is 32.6 Å². The molecule has 0 aromatic carbocycles. The first-order valence-corrected chi connectivity index (χ1v) is 8.50. The Morgan fingerprint density at radius 1 is 1.38 bits per heavy atom. The SMILES string of the molecule is CCCCN(C)CC1CCN(C(=O)C2CNCCO2)CC1. The van der Waals surface area contributed by atoms with E-state index in [1.807, 2.05) is 4.90 Å². The number of unbranched alkanes of at least 4 members (excludes halogenated alkanes) is 1. The van der Waals surface area contributed by atoms with Gasteiger partial charge in [-0.15, -0.1) is 0 Å². The third-order valence-corrected chi connectivity index (χ3v) is 4.59. The van der Waals surface area contributed by atoms with Gasteiger partial charge in [-0.05, 0) is 38.8 Å². The zero-order valence-electron chi connectivity index (χ0n) is 13.6. The van der Waals surface area contributed by atoms with Crippen LogP contribution in [0.3, 0.4) is 0 Å². The summed E-state index contributed by atoms with van der Waals surface area (Å²) in [4.78, 5) is 16.8. The normalized spacial score (nSPS) is 24.5. The molecule has 0 saturated carbocycles. The predicted molar refractivity (Wildman–Crippen MR) is 84.3 cm³/mol. The van der Waals surface area contributed by atoms with E-state index in [1.165, 1.54) is 25.9 Å². The van der Waals surface area contributed by atoms with Crippen LogP contribution in [-0.4, -0.2) is 74.7 Å². The van der Waals surface area contributed by atoms with Gasteiger partial charge in [0.05, 0.1) is 6.61 Å². The van der Waals surface area contributed by atoms with Gasteiger partial charge in [0.2, 0.25) is 0 Å². The van der Waals surface area contributed by atoms with Gasteiger partial charge in [-0.2, -0.15) is 0 Å². The van der Waals surface area contributed by atoms with Crippen LogP contribution in [0.15, 0.2) is 0 Å². The van der Waals surface area contributed by atoms with Crippen LogP contribution in [0.25, 0.3) is 0 Å². The molecule has 2 aliphatic rings. The standard InChI is InChI=1S/C16H31N3O2/c1-3-4-8-18(2)13-14-5-9-19(10-6-14)16(20)15-12-17-7-11-21-15/h14-15,17H,3-13H2,1-2H3. The van der Waals surface area contributed by atoms with E-state index >= 15 is 0 Å². The molecular weight excluding hydrogens is 266 g/mol. The average molecular weight is 297 g/mol. The largest absolute Gasteiger partial charge is 0.366 e. The molecule has 1 unspecified atom stereocenters. The molecule has 0 aromatic heterocycles. The molecule has 0 radical (unpaired) electrons. The molecule has 0 aliphatic carbocycles. The van der Waals surface area contributed by atoms with Gasteiger partial charge >= 0.3 is 0 Å². The van der Waals surface area contributed by atoms with E-state index in [1.54, 1.807) is 0 Å². The number of ether oxygens (including phenoxy) is 1. The molecule has 0 bridgehead atoms. The fourth-order valence-electron chi connectivity index (χ4n) is 3.22. The first-order chi connectivity index (χ1) is 10.2. The van der Waals surface area contributed by atoms with Gasteiger partial charge in [0, 0.05) is 32.7 Å². The number of amides is 1. The molecular formula is C16H31N3O2. The molecule has 122 valence electrons. The van der Waals surface area contributed by atoms with Crippen LogP contribution >= 0.6 is 0 Å². The van der Waals surface area contributed by atoms with E-state index in [0.717, 1.165) is 38.4 Å². The summed E-state index contributed by atoms with van der Waals surface area (Å²) in [6.45, 7) is 8.56. The monoisotopic (exact) mass is 297 g/mol. The number of nitrogens with zero attached hydrogens (tertiary/aromatic N) is 2. The Labute approximate surface area is 129 Å². The Kier molecular flexibility index (Phi) is 6.93. The summed E-state index contributed by atoms with van der Waals surface area (Å²) in [5, 5.41) is 3.23. The molecule has 5 heteroatoms. The quantitative estimate of drug-likeness (QED) is 0.793. The maximum Gasteiger partial charge on any atom is 0.253 e. The van der Waals surface area contributed by atoms with Crippen molar-refractivity contribution in [3.8, 4) is 0 Å². The number of carbonyl (C=O) groups is 1. The fourth-order valence-corrected chi connectivity index (χ4v) is 3.22. The second kappa shape index (κ2) is 8.71. The van der Waals surface area contributed by atoms with Crippen molar-refractivity contribution in [1.29, 1.82) is 0 Å². The zero-order chi connectivity index (χ0) is 15.1. The highest BCUT2D eigenvalue weighted by molar-refractivity contribution is 5.81. The second-order valence-electron chi connectivity index (χ2n) is 6.45. The Morgan fingerprint density at radius 2 is 2.14 bits per heavy atom. The lowest BCUT2D eigenvalue weighted by molar-refractivity contribution is -0.146. The van der Waals surface area contributed by atoms with Crippen molar-refractivity contribution in [1.82, 2.24) is 15.1 Å². The maximum absolute atomic E-state index is 12.4. The smallest absolute Gasteiger partial charge is 0.253 e. The van der Waals surface area contributed by atoms with Crippen molar-refractivity contribution in [3.63, 3.8) is 0 Å². The van der Waals surface area contributed by atoms with E-state index in [9.17, 15) is 4.79 Å². The number of piperidine rings is 1. The third-order valence-electron chi connectivity index (χ3n) is 4.59. The topological polar surface area (TPSA) is 44.8 Å². The molecule has 2 rings (SSSR count). The predicted octanol–water partition coefficient (Wildman–Crippen LogP) is 0.945. The summed E-state index contributed by atoms with van der Waals surface area (Å²) in [5.41, 5.74) is 0. The van der Waals surface area contributed by atoms with E-state index in [-0.39, 0.29) is 12.0 Å². The summed E-state index contributed by atoms with van der Waals surface area (Å²) in [6, 6.07) is 0. The lowest BCUT2D eigenvalue weighted by Gasteiger charge is -2.36. The van der Waals surface area contributed by atoms with Crippen molar-refractivity contribution >= 4 is 5.91 Å². The zero-order valence-corrected chi connectivity index (χ0v) is 13.6. The minimum atomic E-state index is -0.262. The van der Waals surface area contributed by atoms with Crippen LogP contribution < -0.4 is 5.32 Å². The molecule has 0 aromatic rings. The molecule has 1 atom stereocenters. The Morgan fingerprint density at radius 3 is 2.76 bits per heavy atom. The molecule has 2 aliphatic heterocycles. The Balaban J connectivity index is 1.68. The number of hydrogen-bond donors (Lipinski definition) is 1. The molecule has 5 nitrogen and oxygen atoms in total. The first-order valence-electron chi connectivity index (χ1n) is 8.50. The maximum atomic E-state index is 12.4. The van der Waals surface area contributed by atoms with Crippen molar-refractivity contribution < 1.29 is 9.53 Å². The van der Waals surface area contributed by atoms with Gasteiger partial charge in [0.15, 0.2) is 0 Å². The van der Waals surface area contributed by atoms with Crippen LogP contribution in [-0.2, 0) is 9.53 Å². The lowest BCUT2D eigenvalue weighted by Crippen LogP contribution is -2.51. The van der Waals surface area contributed by atoms with E-state index in [0.29, 0.717) is 13.2 Å². The van der Waals surface area contributed by atoms with Crippen molar-refractivity contribution in [2.75, 3.05) is 52.9 Å². The summed E-state index contributed by atoms with van der Waals surface area (Å²) < 4.78 is 5.57. The van der Waals surface area contributed by atoms with Gasteiger partial charge in [0.1, 0.15) is 6.10 Å². The summed E-state index contributed by atoms with van der Waals surface area (Å²) >= 11 is 0. The van der Waals surface area contributed by atoms with E-state index in [2.05, 4.69) is 24.2 Å². The van der Waals surface area contributed by atoms with Crippen LogP contribution in [0.2, 0.25) is 0 Å². The minimum absolute atomic E-state index is 0.181. The van der Waals surface area contributed by atoms with E-state index < -0.39 is 0 Å². The first kappa shape index (κ1) is 16.7. The molecule has 0 spiro atoms. The highest BCUT2D eigenvalue weighted by atomic mass is 16.5. The molecule has 21 heavy (non-hydrogen) atoms. The molecule has 2 heterocycles. The number of likely N-dealkylation sites (tertiary alicyclic amines) is 1. The second-order valence-corrected chi connectivity index (χ2v) is 6.45.